The van der Waals surface area contributed by atoms with Gasteiger partial charge in [0.2, 0.25) is 0 Å². The van der Waals surface area contributed by atoms with Gasteiger partial charge >= 0.3 is 6.09 Å². The third-order valence-electron chi connectivity index (χ3n) is 1.03. The van der Waals surface area contributed by atoms with Gasteiger partial charge in [-0.15, -0.1) is 0 Å². The first kappa shape index (κ1) is 8.27. The van der Waals surface area contributed by atoms with Gasteiger partial charge in [-0.3, -0.25) is 0 Å². The first-order chi connectivity index (χ1) is 4.20. The van der Waals surface area contributed by atoms with E-state index in [9.17, 15) is 4.79 Å². The minimum absolute atomic E-state index is 0.0215. The number of rotatable bonds is 2. The number of ether oxygens (including phenoxy) is 1. The Labute approximate surface area is 55.4 Å². The molecule has 9 heavy (non-hydrogen) atoms. The molecule has 0 aliphatic heterocycles. The first-order valence-electron chi connectivity index (χ1n) is 2.94. The topological polar surface area (TPSA) is 38.3 Å². The highest BCUT2D eigenvalue weighted by Crippen LogP contribution is 1.94. The van der Waals surface area contributed by atoms with E-state index in [-0.39, 0.29) is 6.10 Å². The first-order valence-corrected chi connectivity index (χ1v) is 2.94. The Morgan fingerprint density at radius 2 is 2.44 bits per heavy atom. The van der Waals surface area contributed by atoms with Crippen molar-refractivity contribution < 1.29 is 9.53 Å². The largest absolute Gasteiger partial charge is 0.447 e. The molecule has 3 heteroatoms. The maximum atomic E-state index is 10.4. The van der Waals surface area contributed by atoms with Crippen molar-refractivity contribution in [3.05, 3.63) is 7.05 Å². The molecule has 0 spiro atoms. The van der Waals surface area contributed by atoms with Crippen molar-refractivity contribution in [2.45, 2.75) is 26.4 Å². The van der Waals surface area contributed by atoms with Crippen LogP contribution in [-0.2, 0) is 4.74 Å². The zero-order chi connectivity index (χ0) is 7.28. The van der Waals surface area contributed by atoms with Crippen LogP contribution >= 0.6 is 0 Å². The van der Waals surface area contributed by atoms with Crippen LogP contribution in [0.1, 0.15) is 20.3 Å². The van der Waals surface area contributed by atoms with Crippen molar-refractivity contribution in [2.24, 2.45) is 0 Å². The maximum Gasteiger partial charge on any atom is 0.407 e. The van der Waals surface area contributed by atoms with E-state index in [4.69, 9.17) is 4.74 Å². The molecule has 0 aliphatic rings. The molecular weight excluding hydrogens is 118 g/mol. The van der Waals surface area contributed by atoms with E-state index >= 15 is 0 Å². The SMILES string of the molecule is [CH2]NC(=O)OC(C)CC. The summed E-state index contributed by atoms with van der Waals surface area (Å²) < 4.78 is 4.74. The Hall–Kier alpha value is -0.730. The van der Waals surface area contributed by atoms with Crippen LogP contribution in [-0.4, -0.2) is 12.2 Å². The molecule has 1 N–H and O–H groups in total. The second-order valence-electron chi connectivity index (χ2n) is 1.80. The van der Waals surface area contributed by atoms with Crippen LogP contribution in [0.2, 0.25) is 0 Å². The van der Waals surface area contributed by atoms with E-state index in [1.165, 1.54) is 0 Å². The van der Waals surface area contributed by atoms with Crippen molar-refractivity contribution in [3.63, 3.8) is 0 Å². The average molecular weight is 130 g/mol. The monoisotopic (exact) mass is 130 g/mol. The molecule has 0 rings (SSSR count). The van der Waals surface area contributed by atoms with Gasteiger partial charge in [0.05, 0.1) is 0 Å². The lowest BCUT2D eigenvalue weighted by Crippen LogP contribution is -2.22. The highest BCUT2D eigenvalue weighted by atomic mass is 16.6. The van der Waals surface area contributed by atoms with Crippen molar-refractivity contribution in [2.75, 3.05) is 0 Å². The number of nitrogens with one attached hydrogen (secondary N) is 1. The fourth-order valence-corrected chi connectivity index (χ4v) is 0.308. The van der Waals surface area contributed by atoms with Gasteiger partial charge in [0.1, 0.15) is 6.10 Å². The molecule has 0 saturated carbocycles. The van der Waals surface area contributed by atoms with Crippen molar-refractivity contribution >= 4 is 6.09 Å². The fourth-order valence-electron chi connectivity index (χ4n) is 0.308. The van der Waals surface area contributed by atoms with Crippen LogP contribution in [0, 0.1) is 7.05 Å². The van der Waals surface area contributed by atoms with Crippen LogP contribution in [0.15, 0.2) is 0 Å². The van der Waals surface area contributed by atoms with Gasteiger partial charge in [-0.1, -0.05) is 6.92 Å². The Kier molecular flexibility index (Phi) is 3.84. The van der Waals surface area contributed by atoms with Crippen LogP contribution < -0.4 is 5.32 Å². The van der Waals surface area contributed by atoms with Crippen molar-refractivity contribution in [1.82, 2.24) is 5.32 Å². The molecule has 1 unspecified atom stereocenters. The van der Waals surface area contributed by atoms with E-state index < -0.39 is 6.09 Å². The summed E-state index contributed by atoms with van der Waals surface area (Å²) in [6, 6.07) is 0. The Morgan fingerprint density at radius 1 is 1.89 bits per heavy atom. The van der Waals surface area contributed by atoms with E-state index in [0.717, 1.165) is 6.42 Å². The molecule has 0 saturated heterocycles. The Bertz CT molecular complexity index is 93.1. The van der Waals surface area contributed by atoms with Gasteiger partial charge in [0.15, 0.2) is 0 Å². The molecule has 0 heterocycles. The normalized spacial score (nSPS) is 12.3. The second-order valence-corrected chi connectivity index (χ2v) is 1.80. The highest BCUT2D eigenvalue weighted by Gasteiger charge is 2.02. The number of carbonyl (C=O) groups excluding carboxylic acids is 1. The van der Waals surface area contributed by atoms with E-state index in [1.807, 2.05) is 13.8 Å². The Balaban J connectivity index is 3.34. The molecular formula is C6H12NO2. The molecule has 0 fully saturated rings. The predicted molar refractivity (Wildman–Crippen MR) is 34.7 cm³/mol. The van der Waals surface area contributed by atoms with Gasteiger partial charge in [0, 0.05) is 7.05 Å². The molecule has 1 radical (unpaired) electrons. The molecule has 0 aliphatic carbocycles. The average Bonchev–Trinajstić information content (AvgIpc) is 1.87. The number of carbonyl (C=O) groups is 1. The smallest absolute Gasteiger partial charge is 0.407 e. The van der Waals surface area contributed by atoms with Gasteiger partial charge in [-0.25, -0.2) is 4.79 Å². The van der Waals surface area contributed by atoms with Crippen LogP contribution in [0.5, 0.6) is 0 Å². The number of hydrogen-bond acceptors (Lipinski definition) is 2. The molecule has 0 aromatic rings. The summed E-state index contributed by atoms with van der Waals surface area (Å²) in [7, 11) is 3.15. The minimum Gasteiger partial charge on any atom is -0.447 e. The molecule has 0 aromatic heterocycles. The summed E-state index contributed by atoms with van der Waals surface area (Å²) >= 11 is 0. The van der Waals surface area contributed by atoms with Crippen molar-refractivity contribution in [1.29, 1.82) is 0 Å². The lowest BCUT2D eigenvalue weighted by molar-refractivity contribution is 0.108. The number of amides is 1. The molecule has 1 atom stereocenters. The lowest BCUT2D eigenvalue weighted by Gasteiger charge is -2.08. The summed E-state index contributed by atoms with van der Waals surface area (Å²) in [6.45, 7) is 3.77. The third kappa shape index (κ3) is 3.82. The fraction of sp³-hybridized carbons (Fsp3) is 0.667. The predicted octanol–water partition coefficient (Wildman–Crippen LogP) is 1.30. The minimum atomic E-state index is -0.468. The van der Waals surface area contributed by atoms with Gasteiger partial charge in [-0.05, 0) is 13.3 Å². The summed E-state index contributed by atoms with van der Waals surface area (Å²) in [6.07, 6.45) is 0.337. The zero-order valence-corrected chi connectivity index (χ0v) is 5.81. The number of hydrogen-bond donors (Lipinski definition) is 1. The number of alkyl carbamates (subject to hydrolysis) is 1. The third-order valence-corrected chi connectivity index (χ3v) is 1.03. The lowest BCUT2D eigenvalue weighted by atomic mass is 10.3. The van der Waals surface area contributed by atoms with E-state index in [0.29, 0.717) is 0 Å². The molecule has 3 nitrogen and oxygen atoms in total. The Morgan fingerprint density at radius 3 is 2.78 bits per heavy atom. The summed E-state index contributed by atoms with van der Waals surface area (Å²) in [5.74, 6) is 0. The maximum absolute atomic E-state index is 10.4. The highest BCUT2D eigenvalue weighted by molar-refractivity contribution is 5.67. The quantitative estimate of drug-likeness (QED) is 0.611. The van der Waals surface area contributed by atoms with Crippen molar-refractivity contribution in [3.8, 4) is 0 Å². The van der Waals surface area contributed by atoms with Gasteiger partial charge < -0.3 is 10.1 Å². The van der Waals surface area contributed by atoms with E-state index in [2.05, 4.69) is 12.4 Å². The van der Waals surface area contributed by atoms with Gasteiger partial charge in [-0.2, -0.15) is 0 Å². The molecule has 0 aromatic carbocycles. The zero-order valence-electron chi connectivity index (χ0n) is 5.81. The second kappa shape index (κ2) is 4.18. The molecule has 1 amide bonds. The van der Waals surface area contributed by atoms with Gasteiger partial charge in [0.25, 0.3) is 0 Å². The summed E-state index contributed by atoms with van der Waals surface area (Å²) in [5, 5.41) is 2.12. The van der Waals surface area contributed by atoms with E-state index in [1.54, 1.807) is 0 Å². The van der Waals surface area contributed by atoms with Crippen LogP contribution in [0.25, 0.3) is 0 Å². The molecule has 0 bridgehead atoms. The summed E-state index contributed by atoms with van der Waals surface area (Å²) in [4.78, 5) is 10.4. The summed E-state index contributed by atoms with van der Waals surface area (Å²) in [5.41, 5.74) is 0. The van der Waals surface area contributed by atoms with Crippen LogP contribution in [0.3, 0.4) is 0 Å². The molecule has 53 valence electrons. The van der Waals surface area contributed by atoms with Crippen LogP contribution in [0.4, 0.5) is 4.79 Å². The standard InChI is InChI=1S/C6H12NO2/c1-4-5(2)9-6(8)7-3/h5H,3-4H2,1-2H3,(H,7,8).